The van der Waals surface area contributed by atoms with Crippen LogP contribution in [0.25, 0.3) is 5.69 Å². The van der Waals surface area contributed by atoms with Crippen LogP contribution in [0.4, 0.5) is 4.39 Å². The first-order valence-corrected chi connectivity index (χ1v) is 5.48. The maximum Gasteiger partial charge on any atom is 0.137 e. The molecule has 2 N–H and O–H groups in total. The van der Waals surface area contributed by atoms with Gasteiger partial charge in [0.2, 0.25) is 0 Å². The van der Waals surface area contributed by atoms with E-state index in [1.165, 1.54) is 6.07 Å². The van der Waals surface area contributed by atoms with Crippen molar-refractivity contribution in [2.75, 3.05) is 0 Å². The van der Waals surface area contributed by atoms with E-state index in [2.05, 4.69) is 26.2 Å². The zero-order valence-electron chi connectivity index (χ0n) is 8.61. The molecular formula is C10H10BrFN4. The van der Waals surface area contributed by atoms with E-state index in [0.717, 1.165) is 16.9 Å². The predicted octanol–water partition coefficient (Wildman–Crippen LogP) is 1.94. The highest BCUT2D eigenvalue weighted by atomic mass is 79.9. The highest BCUT2D eigenvalue weighted by Gasteiger charge is 2.10. The smallest absolute Gasteiger partial charge is 0.137 e. The zero-order valence-corrected chi connectivity index (χ0v) is 10.2. The summed E-state index contributed by atoms with van der Waals surface area (Å²) < 4.78 is 15.3. The number of aryl methyl sites for hydroxylation is 1. The van der Waals surface area contributed by atoms with E-state index in [-0.39, 0.29) is 5.82 Å². The minimum absolute atomic E-state index is 0.296. The fourth-order valence-electron chi connectivity index (χ4n) is 1.46. The van der Waals surface area contributed by atoms with Crippen LogP contribution < -0.4 is 5.73 Å². The second-order valence-corrected chi connectivity index (χ2v) is 4.25. The topological polar surface area (TPSA) is 56.7 Å². The first-order valence-electron chi connectivity index (χ1n) is 4.69. The van der Waals surface area contributed by atoms with Crippen molar-refractivity contribution in [3.8, 4) is 5.69 Å². The van der Waals surface area contributed by atoms with Gasteiger partial charge in [-0.2, -0.15) is 0 Å². The Morgan fingerprint density at radius 1 is 1.50 bits per heavy atom. The molecule has 0 spiro atoms. The summed E-state index contributed by atoms with van der Waals surface area (Å²) in [5.74, 6) is -0.296. The molecule has 0 fully saturated rings. The fraction of sp³-hybridized carbons (Fsp3) is 0.200. The molecule has 0 aliphatic rings. The summed E-state index contributed by atoms with van der Waals surface area (Å²) in [4.78, 5) is 0. The third-order valence-corrected chi connectivity index (χ3v) is 2.90. The second kappa shape index (κ2) is 4.31. The number of halogens is 2. The van der Waals surface area contributed by atoms with Gasteiger partial charge in [0.1, 0.15) is 5.82 Å². The lowest BCUT2D eigenvalue weighted by Crippen LogP contribution is -2.08. The molecule has 6 heteroatoms. The molecule has 0 unspecified atom stereocenters. The molecule has 0 aliphatic carbocycles. The third-order valence-electron chi connectivity index (χ3n) is 2.30. The Bertz CT molecular complexity index is 524. The molecular weight excluding hydrogens is 275 g/mol. The molecule has 84 valence electrons. The number of aromatic nitrogens is 3. The van der Waals surface area contributed by atoms with Gasteiger partial charge in [0.05, 0.1) is 22.1 Å². The number of nitrogens with two attached hydrogens (primary N) is 1. The van der Waals surface area contributed by atoms with Gasteiger partial charge in [0.25, 0.3) is 0 Å². The van der Waals surface area contributed by atoms with Crippen molar-refractivity contribution in [2.45, 2.75) is 13.5 Å². The van der Waals surface area contributed by atoms with E-state index < -0.39 is 0 Å². The molecule has 4 nitrogen and oxygen atoms in total. The molecule has 1 aromatic carbocycles. The van der Waals surface area contributed by atoms with E-state index in [9.17, 15) is 4.39 Å². The maximum absolute atomic E-state index is 13.3. The number of rotatable bonds is 2. The van der Waals surface area contributed by atoms with Crippen LogP contribution in [0.3, 0.4) is 0 Å². The summed E-state index contributed by atoms with van der Waals surface area (Å²) in [6.45, 7) is 2.15. The van der Waals surface area contributed by atoms with Crippen LogP contribution in [0.1, 0.15) is 11.3 Å². The summed E-state index contributed by atoms with van der Waals surface area (Å²) >= 11 is 3.14. The highest BCUT2D eigenvalue weighted by molar-refractivity contribution is 9.10. The largest absolute Gasteiger partial charge is 0.325 e. The van der Waals surface area contributed by atoms with Crippen molar-refractivity contribution in [1.29, 1.82) is 0 Å². The van der Waals surface area contributed by atoms with E-state index in [4.69, 9.17) is 5.73 Å². The van der Waals surface area contributed by atoms with Crippen molar-refractivity contribution in [3.63, 3.8) is 0 Å². The Morgan fingerprint density at radius 3 is 2.94 bits per heavy atom. The first-order chi connectivity index (χ1) is 7.63. The van der Waals surface area contributed by atoms with Gasteiger partial charge >= 0.3 is 0 Å². The molecule has 0 saturated carbocycles. The van der Waals surface area contributed by atoms with Crippen molar-refractivity contribution in [1.82, 2.24) is 15.0 Å². The van der Waals surface area contributed by atoms with Crippen LogP contribution in [-0.4, -0.2) is 15.0 Å². The van der Waals surface area contributed by atoms with Gasteiger partial charge in [-0.3, -0.25) is 0 Å². The first kappa shape index (κ1) is 11.2. The molecule has 0 atom stereocenters. The summed E-state index contributed by atoms with van der Waals surface area (Å²) in [7, 11) is 0. The van der Waals surface area contributed by atoms with Gasteiger partial charge in [-0.05, 0) is 40.5 Å². The molecule has 2 aromatic rings. The normalized spacial score (nSPS) is 10.8. The monoisotopic (exact) mass is 284 g/mol. The highest BCUT2D eigenvalue weighted by Crippen LogP contribution is 2.23. The minimum atomic E-state index is -0.296. The molecule has 0 bridgehead atoms. The van der Waals surface area contributed by atoms with E-state index >= 15 is 0 Å². The Balaban J connectivity index is 2.60. The molecule has 0 saturated heterocycles. The SMILES string of the molecule is Cc1cc(F)c(Br)cc1-n1nncc1CN. The van der Waals surface area contributed by atoms with Crippen molar-refractivity contribution >= 4 is 15.9 Å². The maximum atomic E-state index is 13.3. The van der Waals surface area contributed by atoms with Crippen LogP contribution in [0.5, 0.6) is 0 Å². The minimum Gasteiger partial charge on any atom is -0.325 e. The molecule has 0 amide bonds. The predicted molar refractivity (Wildman–Crippen MR) is 61.6 cm³/mol. The molecule has 1 aromatic heterocycles. The summed E-state index contributed by atoms with van der Waals surface area (Å²) in [6, 6.07) is 3.11. The van der Waals surface area contributed by atoms with Crippen LogP contribution in [0, 0.1) is 12.7 Å². The molecule has 1 heterocycles. The number of hydrogen-bond donors (Lipinski definition) is 1. The Labute approximate surface area is 100 Å². The van der Waals surface area contributed by atoms with Gasteiger partial charge in [-0.15, -0.1) is 5.10 Å². The van der Waals surface area contributed by atoms with Crippen LogP contribution >= 0.6 is 15.9 Å². The average molecular weight is 285 g/mol. The Kier molecular flexibility index (Phi) is 3.02. The molecule has 0 aliphatic heterocycles. The van der Waals surface area contributed by atoms with Gasteiger partial charge in [-0.25, -0.2) is 9.07 Å². The summed E-state index contributed by atoms with van der Waals surface area (Å²) in [5.41, 5.74) is 7.89. The lowest BCUT2D eigenvalue weighted by atomic mass is 10.2. The second-order valence-electron chi connectivity index (χ2n) is 3.39. The van der Waals surface area contributed by atoms with Crippen LogP contribution in [-0.2, 0) is 6.54 Å². The number of hydrogen-bond acceptors (Lipinski definition) is 3. The Morgan fingerprint density at radius 2 is 2.25 bits per heavy atom. The lowest BCUT2D eigenvalue weighted by molar-refractivity contribution is 0.618. The summed E-state index contributed by atoms with van der Waals surface area (Å²) in [5, 5.41) is 7.72. The van der Waals surface area contributed by atoms with Gasteiger partial charge < -0.3 is 5.73 Å². The van der Waals surface area contributed by atoms with E-state index in [0.29, 0.717) is 11.0 Å². The van der Waals surface area contributed by atoms with Gasteiger partial charge in [0, 0.05) is 6.54 Å². The summed E-state index contributed by atoms with van der Waals surface area (Å²) in [6.07, 6.45) is 1.59. The molecule has 2 rings (SSSR count). The van der Waals surface area contributed by atoms with Crippen LogP contribution in [0.15, 0.2) is 22.8 Å². The quantitative estimate of drug-likeness (QED) is 0.917. The van der Waals surface area contributed by atoms with Crippen molar-refractivity contribution in [3.05, 3.63) is 39.9 Å². The van der Waals surface area contributed by atoms with Crippen LogP contribution in [0.2, 0.25) is 0 Å². The molecule has 16 heavy (non-hydrogen) atoms. The van der Waals surface area contributed by atoms with Crippen molar-refractivity contribution < 1.29 is 4.39 Å². The number of benzene rings is 1. The average Bonchev–Trinajstić information content (AvgIpc) is 2.71. The van der Waals surface area contributed by atoms with Gasteiger partial charge in [0.15, 0.2) is 0 Å². The lowest BCUT2D eigenvalue weighted by Gasteiger charge is -2.09. The molecule has 0 radical (unpaired) electrons. The zero-order chi connectivity index (χ0) is 11.7. The number of nitrogens with zero attached hydrogens (tertiary/aromatic N) is 3. The third kappa shape index (κ3) is 1.85. The van der Waals surface area contributed by atoms with E-state index in [1.807, 2.05) is 6.92 Å². The standard InChI is InChI=1S/C10H10BrFN4/c1-6-2-9(12)8(11)3-10(6)16-7(4-13)5-14-15-16/h2-3,5H,4,13H2,1H3. The van der Waals surface area contributed by atoms with E-state index in [1.54, 1.807) is 16.9 Å². The fourth-order valence-corrected chi connectivity index (χ4v) is 1.79. The van der Waals surface area contributed by atoms with Gasteiger partial charge in [-0.1, -0.05) is 5.21 Å². The van der Waals surface area contributed by atoms with Crippen molar-refractivity contribution in [2.24, 2.45) is 5.73 Å². The Hall–Kier alpha value is -1.27.